The van der Waals surface area contributed by atoms with Gasteiger partial charge in [-0.1, -0.05) is 0 Å². The van der Waals surface area contributed by atoms with Crippen LogP contribution in [0.5, 0.6) is 23.0 Å². The highest BCUT2D eigenvalue weighted by Gasteiger charge is 2.29. The molecule has 160 valence electrons. The number of methoxy groups -OCH3 is 4. The van der Waals surface area contributed by atoms with Crippen LogP contribution in [0.2, 0.25) is 0 Å². The minimum absolute atomic E-state index is 0.0380. The van der Waals surface area contributed by atoms with E-state index in [0.717, 1.165) is 22.3 Å². The van der Waals surface area contributed by atoms with Gasteiger partial charge < -0.3 is 24.3 Å². The van der Waals surface area contributed by atoms with Crippen LogP contribution in [0.1, 0.15) is 30.5 Å². The number of hydrogen-bond donors (Lipinski definition) is 1. The quantitative estimate of drug-likeness (QED) is 0.747. The monoisotopic (exact) mass is 413 g/mol. The first-order valence-corrected chi connectivity index (χ1v) is 9.72. The standard InChI is InChI=1S/C23H27NO6/c1-13(25)12-24-17-8-6-14-10-20(28-3)22(29-4)23(30-5)21(14)15-7-9-18(26)19(27-2)11-16(15)17/h7,9-11,17,24H,6,8,12H2,1-5H3/t17-/m0/s1. The van der Waals surface area contributed by atoms with E-state index in [0.29, 0.717) is 30.1 Å². The van der Waals surface area contributed by atoms with Gasteiger partial charge in [-0.3, -0.25) is 9.59 Å². The van der Waals surface area contributed by atoms with Gasteiger partial charge in [0.2, 0.25) is 11.2 Å². The predicted molar refractivity (Wildman–Crippen MR) is 114 cm³/mol. The molecule has 2 aromatic rings. The van der Waals surface area contributed by atoms with E-state index in [1.165, 1.54) is 13.2 Å². The molecule has 0 amide bonds. The third-order valence-corrected chi connectivity index (χ3v) is 5.32. The third-order valence-electron chi connectivity index (χ3n) is 5.32. The first kappa shape index (κ1) is 21.6. The Balaban J connectivity index is 2.36. The van der Waals surface area contributed by atoms with Crippen LogP contribution in [0.4, 0.5) is 0 Å². The number of carbonyl (C=O) groups excluding carboxylic acids is 1. The molecule has 7 heteroatoms. The smallest absolute Gasteiger partial charge is 0.220 e. The van der Waals surface area contributed by atoms with E-state index in [1.807, 2.05) is 6.07 Å². The van der Waals surface area contributed by atoms with Gasteiger partial charge in [0.15, 0.2) is 17.2 Å². The van der Waals surface area contributed by atoms with E-state index in [9.17, 15) is 9.59 Å². The van der Waals surface area contributed by atoms with Crippen LogP contribution in [0.15, 0.2) is 29.1 Å². The number of nitrogens with one attached hydrogen (secondary N) is 1. The zero-order valence-corrected chi connectivity index (χ0v) is 18.0. The van der Waals surface area contributed by atoms with Crippen LogP contribution in [0, 0.1) is 0 Å². The van der Waals surface area contributed by atoms with E-state index < -0.39 is 0 Å². The first-order chi connectivity index (χ1) is 14.4. The van der Waals surface area contributed by atoms with Gasteiger partial charge in [0, 0.05) is 11.6 Å². The van der Waals surface area contributed by atoms with Gasteiger partial charge in [-0.2, -0.15) is 0 Å². The van der Waals surface area contributed by atoms with Gasteiger partial charge in [-0.05, 0) is 60.7 Å². The number of ketones is 1. The molecule has 0 fully saturated rings. The molecule has 0 saturated heterocycles. The Morgan fingerprint density at radius 2 is 1.70 bits per heavy atom. The summed E-state index contributed by atoms with van der Waals surface area (Å²) < 4.78 is 22.2. The molecule has 0 spiro atoms. The molecule has 1 aliphatic carbocycles. The Labute approximate surface area is 175 Å². The molecule has 1 atom stereocenters. The summed E-state index contributed by atoms with van der Waals surface area (Å²) in [6.45, 7) is 1.77. The summed E-state index contributed by atoms with van der Waals surface area (Å²) in [5.41, 5.74) is 3.31. The molecule has 0 bridgehead atoms. The Morgan fingerprint density at radius 3 is 2.30 bits per heavy atom. The van der Waals surface area contributed by atoms with E-state index in [1.54, 1.807) is 40.4 Å². The largest absolute Gasteiger partial charge is 0.493 e. The molecule has 2 aromatic carbocycles. The maximum atomic E-state index is 12.5. The van der Waals surface area contributed by atoms with Crippen molar-refractivity contribution in [3.05, 3.63) is 45.6 Å². The van der Waals surface area contributed by atoms with E-state index in [2.05, 4.69) is 5.32 Å². The number of ether oxygens (including phenoxy) is 4. The Morgan fingerprint density at radius 1 is 1.00 bits per heavy atom. The van der Waals surface area contributed by atoms with Crippen molar-refractivity contribution < 1.29 is 23.7 Å². The molecule has 0 unspecified atom stereocenters. The minimum Gasteiger partial charge on any atom is -0.493 e. The SMILES string of the molecule is COc1cc2c(c(OC)c1OC)-c1ccc(=O)c(OC)cc1[C@@H](NCC(C)=O)CC2. The highest BCUT2D eigenvalue weighted by Crippen LogP contribution is 2.50. The van der Waals surface area contributed by atoms with Crippen molar-refractivity contribution in [2.45, 2.75) is 25.8 Å². The lowest BCUT2D eigenvalue weighted by atomic mass is 9.95. The van der Waals surface area contributed by atoms with Gasteiger partial charge in [-0.15, -0.1) is 0 Å². The lowest BCUT2D eigenvalue weighted by Gasteiger charge is -2.20. The zero-order chi connectivity index (χ0) is 21.8. The average molecular weight is 413 g/mol. The van der Waals surface area contributed by atoms with Gasteiger partial charge in [0.25, 0.3) is 0 Å². The highest BCUT2D eigenvalue weighted by atomic mass is 16.5. The third kappa shape index (κ3) is 3.98. The van der Waals surface area contributed by atoms with Crippen LogP contribution in [0.25, 0.3) is 11.1 Å². The number of carbonyl (C=O) groups is 1. The minimum atomic E-state index is -0.225. The summed E-state index contributed by atoms with van der Waals surface area (Å²) in [5.74, 6) is 1.88. The normalized spacial score (nSPS) is 14.8. The number of hydrogen-bond acceptors (Lipinski definition) is 7. The van der Waals surface area contributed by atoms with Crippen LogP contribution in [-0.2, 0) is 11.2 Å². The highest BCUT2D eigenvalue weighted by molar-refractivity contribution is 5.83. The van der Waals surface area contributed by atoms with Crippen LogP contribution in [0.3, 0.4) is 0 Å². The van der Waals surface area contributed by atoms with E-state index in [-0.39, 0.29) is 29.5 Å². The Hall–Kier alpha value is -3.06. The fourth-order valence-corrected chi connectivity index (χ4v) is 3.94. The zero-order valence-electron chi connectivity index (χ0n) is 18.0. The van der Waals surface area contributed by atoms with Crippen LogP contribution < -0.4 is 29.7 Å². The molecule has 1 N–H and O–H groups in total. The molecule has 30 heavy (non-hydrogen) atoms. The van der Waals surface area contributed by atoms with Crippen molar-refractivity contribution in [1.82, 2.24) is 5.32 Å². The summed E-state index contributed by atoms with van der Waals surface area (Å²) in [6, 6.07) is 6.81. The van der Waals surface area contributed by atoms with E-state index >= 15 is 0 Å². The number of benzene rings is 1. The number of fused-ring (bicyclic) bond motifs is 3. The van der Waals surface area contributed by atoms with Crippen molar-refractivity contribution in [2.75, 3.05) is 35.0 Å². The Bertz CT molecular complexity index is 1020. The van der Waals surface area contributed by atoms with Crippen molar-refractivity contribution >= 4 is 5.78 Å². The second-order valence-electron chi connectivity index (χ2n) is 7.13. The fourth-order valence-electron chi connectivity index (χ4n) is 3.94. The molecule has 7 nitrogen and oxygen atoms in total. The van der Waals surface area contributed by atoms with Crippen molar-refractivity contribution in [2.24, 2.45) is 0 Å². The summed E-state index contributed by atoms with van der Waals surface area (Å²) in [7, 11) is 6.20. The lowest BCUT2D eigenvalue weighted by molar-refractivity contribution is -0.116. The van der Waals surface area contributed by atoms with Crippen molar-refractivity contribution in [3.63, 3.8) is 0 Å². The van der Waals surface area contributed by atoms with Crippen LogP contribution >= 0.6 is 0 Å². The summed E-state index contributed by atoms with van der Waals surface area (Å²) in [6.07, 6.45) is 1.43. The van der Waals surface area contributed by atoms with Crippen molar-refractivity contribution in [1.29, 1.82) is 0 Å². The van der Waals surface area contributed by atoms with Crippen LogP contribution in [-0.4, -0.2) is 40.8 Å². The number of aryl methyl sites for hydroxylation is 1. The lowest BCUT2D eigenvalue weighted by Crippen LogP contribution is -2.26. The molecule has 0 aromatic heterocycles. The molecule has 0 radical (unpaired) electrons. The predicted octanol–water partition coefficient (Wildman–Crippen LogP) is 2.91. The second-order valence-corrected chi connectivity index (χ2v) is 7.13. The van der Waals surface area contributed by atoms with E-state index in [4.69, 9.17) is 18.9 Å². The maximum absolute atomic E-state index is 12.5. The second kappa shape index (κ2) is 9.17. The fraction of sp³-hybridized carbons (Fsp3) is 0.391. The first-order valence-electron chi connectivity index (χ1n) is 9.72. The molecular weight excluding hydrogens is 386 g/mol. The van der Waals surface area contributed by atoms with Gasteiger partial charge in [-0.25, -0.2) is 0 Å². The molecule has 0 saturated carbocycles. The number of Topliss-reactive ketones (excluding diaryl/α,β-unsaturated/α-hetero) is 1. The summed E-state index contributed by atoms with van der Waals surface area (Å²) in [4.78, 5) is 24.1. The van der Waals surface area contributed by atoms with Gasteiger partial charge >= 0.3 is 0 Å². The molecule has 0 aliphatic heterocycles. The summed E-state index contributed by atoms with van der Waals surface area (Å²) in [5, 5.41) is 3.32. The van der Waals surface area contributed by atoms with Crippen molar-refractivity contribution in [3.8, 4) is 34.1 Å². The average Bonchev–Trinajstić information content (AvgIpc) is 2.99. The van der Waals surface area contributed by atoms with Gasteiger partial charge in [0.05, 0.1) is 35.0 Å². The maximum Gasteiger partial charge on any atom is 0.220 e. The topological polar surface area (TPSA) is 83.1 Å². The molecule has 0 heterocycles. The summed E-state index contributed by atoms with van der Waals surface area (Å²) >= 11 is 0. The Kier molecular flexibility index (Phi) is 6.62. The molecule has 3 rings (SSSR count). The molecule has 1 aliphatic rings. The number of rotatable bonds is 7. The van der Waals surface area contributed by atoms with Gasteiger partial charge in [0.1, 0.15) is 5.78 Å². The molecular formula is C23H27NO6.